The molecule has 0 aliphatic carbocycles. The first-order valence-electron chi connectivity index (χ1n) is 3.94. The van der Waals surface area contributed by atoms with Crippen LogP contribution in [0.4, 0.5) is 0 Å². The maximum atomic E-state index is 9.72. The highest BCUT2D eigenvalue weighted by atomic mass is 16.3. The lowest BCUT2D eigenvalue weighted by atomic mass is 10.2. The molecular formula is C7H15N3O. The third-order valence-electron chi connectivity index (χ3n) is 1.38. The molecule has 0 bridgehead atoms. The van der Waals surface area contributed by atoms with Crippen molar-refractivity contribution in [3.63, 3.8) is 0 Å². The van der Waals surface area contributed by atoms with E-state index in [1.807, 2.05) is 0 Å². The van der Waals surface area contributed by atoms with E-state index in [1.165, 1.54) is 12.8 Å². The number of nitrogens with zero attached hydrogens (tertiary/aromatic N) is 2. The van der Waals surface area contributed by atoms with Crippen molar-refractivity contribution < 1.29 is 0 Å². The first-order valence-corrected chi connectivity index (χ1v) is 3.94. The Morgan fingerprint density at radius 1 is 1.36 bits per heavy atom. The van der Waals surface area contributed by atoms with Gasteiger partial charge in [0, 0.05) is 11.7 Å². The Labute approximate surface area is 66.9 Å². The smallest absolute Gasteiger partial charge is 0.257 e. The Morgan fingerprint density at radius 3 is 2.64 bits per heavy atom. The second kappa shape index (κ2) is 7.18. The first kappa shape index (κ1) is 10.1. The zero-order chi connectivity index (χ0) is 8.53. The fourth-order valence-corrected chi connectivity index (χ4v) is 0.761. The van der Waals surface area contributed by atoms with Crippen LogP contribution >= 0.6 is 0 Å². The molecule has 0 aliphatic rings. The Morgan fingerprint density at radius 2 is 2.09 bits per heavy atom. The topological polar surface area (TPSA) is 67.8 Å². The quantitative estimate of drug-likeness (QED) is 0.285. The summed E-state index contributed by atoms with van der Waals surface area (Å²) in [6, 6.07) is 0. The van der Waals surface area contributed by atoms with Gasteiger partial charge < -0.3 is 5.73 Å². The predicted octanol–water partition coefficient (Wildman–Crippen LogP) is 1.65. The van der Waals surface area contributed by atoms with Crippen LogP contribution in [0.3, 0.4) is 0 Å². The van der Waals surface area contributed by atoms with Crippen molar-refractivity contribution in [2.45, 2.75) is 32.6 Å². The third-order valence-corrected chi connectivity index (χ3v) is 1.38. The highest BCUT2D eigenvalue weighted by molar-refractivity contribution is 5.78. The average Bonchev–Trinajstić information content (AvgIpc) is 2.04. The van der Waals surface area contributed by atoms with Crippen LogP contribution in [0.15, 0.2) is 10.2 Å². The molecule has 0 saturated carbocycles. The van der Waals surface area contributed by atoms with Crippen LogP contribution in [0.2, 0.25) is 0 Å². The van der Waals surface area contributed by atoms with E-state index in [0.717, 1.165) is 12.8 Å². The Bertz CT molecular complexity index is 134. The van der Waals surface area contributed by atoms with E-state index >= 15 is 0 Å². The fraction of sp³-hybridized carbons (Fsp3) is 0.857. The van der Waals surface area contributed by atoms with Crippen LogP contribution in [0.5, 0.6) is 0 Å². The first-order chi connectivity index (χ1) is 5.31. The van der Waals surface area contributed by atoms with Gasteiger partial charge in [0.1, 0.15) is 0 Å². The third kappa shape index (κ3) is 6.96. The molecular weight excluding hydrogens is 142 g/mol. The summed E-state index contributed by atoms with van der Waals surface area (Å²) in [6.45, 7) is 2.77. The highest BCUT2D eigenvalue weighted by Gasteiger charge is 1.88. The summed E-state index contributed by atoms with van der Waals surface area (Å²) in [5, 5.41) is 2.48. The Balaban J connectivity index is 3.19. The molecule has 2 N–H and O–H groups in total. The molecule has 0 amide bonds. The molecule has 0 spiro atoms. The van der Waals surface area contributed by atoms with Gasteiger partial charge in [0.15, 0.2) is 0 Å². The Hall–Kier alpha value is -0.930. The van der Waals surface area contributed by atoms with Crippen LogP contribution in [-0.2, 0) is 0 Å². The van der Waals surface area contributed by atoms with Gasteiger partial charge in [-0.05, 0) is 6.42 Å². The lowest BCUT2D eigenvalue weighted by Gasteiger charge is -1.93. The molecule has 0 fully saturated rings. The number of nitroso groups, excluding NO2 is 1. The van der Waals surface area contributed by atoms with Gasteiger partial charge in [0.2, 0.25) is 0 Å². The summed E-state index contributed by atoms with van der Waals surface area (Å²) in [4.78, 5) is 13.4. The largest absolute Gasteiger partial charge is 0.365 e. The fourth-order valence-electron chi connectivity index (χ4n) is 0.761. The zero-order valence-corrected chi connectivity index (χ0v) is 6.92. The lowest BCUT2D eigenvalue weighted by Crippen LogP contribution is -2.07. The lowest BCUT2D eigenvalue weighted by molar-refractivity contribution is 0.674. The summed E-state index contributed by atoms with van der Waals surface area (Å²) in [7, 11) is 0. The maximum absolute atomic E-state index is 9.72. The minimum Gasteiger partial charge on any atom is -0.365 e. The van der Waals surface area contributed by atoms with Crippen molar-refractivity contribution in [1.29, 1.82) is 0 Å². The van der Waals surface area contributed by atoms with E-state index < -0.39 is 0 Å². The molecule has 0 heterocycles. The van der Waals surface area contributed by atoms with E-state index in [4.69, 9.17) is 5.73 Å². The van der Waals surface area contributed by atoms with Gasteiger partial charge in [0.05, 0.1) is 0 Å². The van der Waals surface area contributed by atoms with Crippen LogP contribution in [-0.4, -0.2) is 12.5 Å². The van der Waals surface area contributed by atoms with Gasteiger partial charge in [-0.2, -0.15) is 0 Å². The monoisotopic (exact) mass is 157 g/mol. The molecule has 0 atom stereocenters. The molecule has 0 aliphatic heterocycles. The van der Waals surface area contributed by atoms with Crippen molar-refractivity contribution in [1.82, 2.24) is 0 Å². The van der Waals surface area contributed by atoms with Crippen molar-refractivity contribution in [3.05, 3.63) is 4.91 Å². The molecule has 4 nitrogen and oxygen atoms in total. The molecule has 4 heteroatoms. The molecule has 11 heavy (non-hydrogen) atoms. The highest BCUT2D eigenvalue weighted by Crippen LogP contribution is 1.98. The standard InChI is InChI=1S/C7H15N3O/c1-2-3-4-5-6-9-7(8)10-11/h2-6H2,1H3,(H2,8,9). The number of hydrogen-bond donors (Lipinski definition) is 1. The number of nitrogens with two attached hydrogens (primary N) is 1. The molecule has 0 rings (SSSR count). The van der Waals surface area contributed by atoms with Crippen LogP contribution in [0.1, 0.15) is 32.6 Å². The number of unbranched alkanes of at least 4 members (excludes halogenated alkanes) is 3. The summed E-state index contributed by atoms with van der Waals surface area (Å²) < 4.78 is 0. The molecule has 0 unspecified atom stereocenters. The minimum absolute atomic E-state index is 0.138. The van der Waals surface area contributed by atoms with E-state index in [0.29, 0.717) is 6.54 Å². The number of rotatable bonds is 5. The minimum atomic E-state index is -0.138. The van der Waals surface area contributed by atoms with Crippen molar-refractivity contribution in [2.24, 2.45) is 15.9 Å². The summed E-state index contributed by atoms with van der Waals surface area (Å²) in [5.74, 6) is -0.138. The van der Waals surface area contributed by atoms with Gasteiger partial charge in [-0.3, -0.25) is 0 Å². The molecule has 0 saturated heterocycles. The van der Waals surface area contributed by atoms with Gasteiger partial charge in [-0.25, -0.2) is 4.99 Å². The number of aliphatic imine (C=N–C) groups is 1. The van der Waals surface area contributed by atoms with E-state index in [2.05, 4.69) is 17.1 Å². The second-order valence-electron chi connectivity index (χ2n) is 2.39. The van der Waals surface area contributed by atoms with Crippen LogP contribution in [0.25, 0.3) is 0 Å². The zero-order valence-electron chi connectivity index (χ0n) is 6.92. The van der Waals surface area contributed by atoms with Gasteiger partial charge in [-0.1, -0.05) is 26.2 Å². The second-order valence-corrected chi connectivity index (χ2v) is 2.39. The van der Waals surface area contributed by atoms with Crippen molar-refractivity contribution >= 4 is 5.96 Å². The van der Waals surface area contributed by atoms with E-state index in [-0.39, 0.29) is 5.96 Å². The van der Waals surface area contributed by atoms with Gasteiger partial charge >= 0.3 is 0 Å². The maximum Gasteiger partial charge on any atom is 0.257 e. The number of hydrogen-bond acceptors (Lipinski definition) is 2. The van der Waals surface area contributed by atoms with E-state index in [1.54, 1.807) is 0 Å². The Kier molecular flexibility index (Phi) is 6.57. The summed E-state index contributed by atoms with van der Waals surface area (Å²) in [6.07, 6.45) is 4.55. The van der Waals surface area contributed by atoms with Crippen LogP contribution in [0, 0.1) is 4.91 Å². The molecule has 0 aromatic rings. The van der Waals surface area contributed by atoms with Crippen molar-refractivity contribution in [3.8, 4) is 0 Å². The predicted molar refractivity (Wildman–Crippen MR) is 46.4 cm³/mol. The van der Waals surface area contributed by atoms with E-state index in [9.17, 15) is 4.91 Å². The molecule has 0 radical (unpaired) electrons. The summed E-state index contributed by atoms with van der Waals surface area (Å²) in [5.41, 5.74) is 5.06. The normalized spacial score (nSPS) is 11.5. The summed E-state index contributed by atoms with van der Waals surface area (Å²) >= 11 is 0. The molecule has 64 valence electrons. The number of guanidine groups is 1. The van der Waals surface area contributed by atoms with Gasteiger partial charge in [0.25, 0.3) is 5.96 Å². The molecule has 0 aromatic heterocycles. The SMILES string of the molecule is CCCCCCN=C(N)N=O. The van der Waals surface area contributed by atoms with Crippen LogP contribution < -0.4 is 5.73 Å². The van der Waals surface area contributed by atoms with Crippen molar-refractivity contribution in [2.75, 3.05) is 6.54 Å². The average molecular weight is 157 g/mol. The van der Waals surface area contributed by atoms with Gasteiger partial charge in [-0.15, -0.1) is 4.91 Å². The molecule has 0 aromatic carbocycles.